The van der Waals surface area contributed by atoms with Crippen LogP contribution < -0.4 is 5.32 Å². The first-order valence-electron chi connectivity index (χ1n) is 5.65. The Morgan fingerprint density at radius 1 is 1.44 bits per heavy atom. The monoisotopic (exact) mass is 246 g/mol. The SMILES string of the molecule is C[C@H](O)CNC(=O)c1cc(-c2ccccc2)no1. The van der Waals surface area contributed by atoms with Gasteiger partial charge in [0.15, 0.2) is 0 Å². The van der Waals surface area contributed by atoms with Crippen LogP contribution in [0.2, 0.25) is 0 Å². The van der Waals surface area contributed by atoms with Gasteiger partial charge in [0.1, 0.15) is 5.69 Å². The lowest BCUT2D eigenvalue weighted by molar-refractivity contribution is 0.0887. The summed E-state index contributed by atoms with van der Waals surface area (Å²) < 4.78 is 4.97. The lowest BCUT2D eigenvalue weighted by atomic mass is 10.1. The number of hydrogen-bond donors (Lipinski definition) is 2. The van der Waals surface area contributed by atoms with Crippen molar-refractivity contribution in [2.24, 2.45) is 0 Å². The maximum atomic E-state index is 11.6. The van der Waals surface area contributed by atoms with Gasteiger partial charge in [0, 0.05) is 18.2 Å². The summed E-state index contributed by atoms with van der Waals surface area (Å²) >= 11 is 0. The molecule has 2 aromatic rings. The molecule has 1 amide bonds. The number of benzene rings is 1. The normalized spacial score (nSPS) is 12.1. The van der Waals surface area contributed by atoms with Crippen molar-refractivity contribution in [1.29, 1.82) is 0 Å². The Morgan fingerprint density at radius 3 is 2.83 bits per heavy atom. The Balaban J connectivity index is 2.09. The van der Waals surface area contributed by atoms with Gasteiger partial charge in [0.2, 0.25) is 5.76 Å². The number of amides is 1. The lowest BCUT2D eigenvalue weighted by Crippen LogP contribution is -2.30. The van der Waals surface area contributed by atoms with Crippen molar-refractivity contribution in [3.8, 4) is 11.3 Å². The van der Waals surface area contributed by atoms with Gasteiger partial charge in [0.05, 0.1) is 6.10 Å². The molecule has 2 rings (SSSR count). The van der Waals surface area contributed by atoms with Gasteiger partial charge in [-0.05, 0) is 6.92 Å². The molecule has 1 heterocycles. The van der Waals surface area contributed by atoms with E-state index in [-0.39, 0.29) is 18.2 Å². The quantitative estimate of drug-likeness (QED) is 0.856. The molecule has 18 heavy (non-hydrogen) atoms. The zero-order valence-corrected chi connectivity index (χ0v) is 9.96. The molecule has 0 aliphatic rings. The van der Waals surface area contributed by atoms with Crippen LogP contribution in [0.1, 0.15) is 17.5 Å². The summed E-state index contributed by atoms with van der Waals surface area (Å²) in [5.74, 6) is -0.250. The maximum Gasteiger partial charge on any atom is 0.290 e. The Hall–Kier alpha value is -2.14. The number of nitrogens with one attached hydrogen (secondary N) is 1. The molecule has 0 saturated heterocycles. The number of hydrogen-bond acceptors (Lipinski definition) is 4. The average Bonchev–Trinajstić information content (AvgIpc) is 2.86. The van der Waals surface area contributed by atoms with Gasteiger partial charge >= 0.3 is 0 Å². The molecule has 0 aliphatic heterocycles. The summed E-state index contributed by atoms with van der Waals surface area (Å²) in [6, 6.07) is 11.0. The van der Waals surface area contributed by atoms with Crippen LogP contribution in [-0.4, -0.2) is 28.8 Å². The van der Waals surface area contributed by atoms with Crippen LogP contribution in [0.3, 0.4) is 0 Å². The smallest absolute Gasteiger partial charge is 0.290 e. The van der Waals surface area contributed by atoms with E-state index in [0.29, 0.717) is 5.69 Å². The number of aromatic nitrogens is 1. The molecule has 0 saturated carbocycles. The Bertz CT molecular complexity index is 520. The molecule has 5 nitrogen and oxygen atoms in total. The minimum absolute atomic E-state index is 0.134. The second-order valence-electron chi connectivity index (χ2n) is 4.00. The Kier molecular flexibility index (Phi) is 3.74. The van der Waals surface area contributed by atoms with E-state index in [0.717, 1.165) is 5.56 Å². The molecule has 1 atom stereocenters. The van der Waals surface area contributed by atoms with Crippen molar-refractivity contribution >= 4 is 5.91 Å². The van der Waals surface area contributed by atoms with Crippen LogP contribution in [-0.2, 0) is 0 Å². The summed E-state index contributed by atoms with van der Waals surface area (Å²) in [5, 5.41) is 15.4. The van der Waals surface area contributed by atoms with Gasteiger partial charge in [-0.3, -0.25) is 4.79 Å². The van der Waals surface area contributed by atoms with E-state index in [1.807, 2.05) is 30.3 Å². The van der Waals surface area contributed by atoms with E-state index >= 15 is 0 Å². The highest BCUT2D eigenvalue weighted by Crippen LogP contribution is 2.18. The van der Waals surface area contributed by atoms with Crippen LogP contribution in [0.4, 0.5) is 0 Å². The van der Waals surface area contributed by atoms with Gasteiger partial charge in [-0.25, -0.2) is 0 Å². The van der Waals surface area contributed by atoms with Crippen molar-refractivity contribution in [1.82, 2.24) is 10.5 Å². The number of rotatable bonds is 4. The molecular formula is C13H14N2O3. The van der Waals surface area contributed by atoms with Crippen molar-refractivity contribution in [2.75, 3.05) is 6.54 Å². The third-order valence-corrected chi connectivity index (χ3v) is 2.36. The highest BCUT2D eigenvalue weighted by atomic mass is 16.5. The van der Waals surface area contributed by atoms with Crippen LogP contribution in [0.5, 0.6) is 0 Å². The fourth-order valence-electron chi connectivity index (χ4n) is 1.45. The summed E-state index contributed by atoms with van der Waals surface area (Å²) in [4.78, 5) is 11.6. The van der Waals surface area contributed by atoms with Gasteiger partial charge in [-0.1, -0.05) is 35.5 Å². The third kappa shape index (κ3) is 2.95. The number of carbonyl (C=O) groups is 1. The molecule has 1 aromatic carbocycles. The largest absolute Gasteiger partial charge is 0.392 e. The fourth-order valence-corrected chi connectivity index (χ4v) is 1.45. The highest BCUT2D eigenvalue weighted by molar-refractivity contribution is 5.92. The van der Waals surface area contributed by atoms with E-state index in [2.05, 4.69) is 10.5 Å². The van der Waals surface area contributed by atoms with Gasteiger partial charge < -0.3 is 14.9 Å². The van der Waals surface area contributed by atoms with Gasteiger partial charge in [0.25, 0.3) is 5.91 Å². The predicted octanol–water partition coefficient (Wildman–Crippen LogP) is 1.45. The molecular weight excluding hydrogens is 232 g/mol. The minimum atomic E-state index is -0.592. The molecule has 0 bridgehead atoms. The van der Waals surface area contributed by atoms with E-state index in [1.54, 1.807) is 13.0 Å². The van der Waals surface area contributed by atoms with Crippen molar-refractivity contribution < 1.29 is 14.4 Å². The standard InChI is InChI=1S/C13H14N2O3/c1-9(16)8-14-13(17)12-7-11(15-18-12)10-5-3-2-4-6-10/h2-7,9,16H,8H2,1H3,(H,14,17)/t9-/m0/s1. The van der Waals surface area contributed by atoms with Crippen molar-refractivity contribution in [2.45, 2.75) is 13.0 Å². The van der Waals surface area contributed by atoms with E-state index < -0.39 is 6.10 Å². The van der Waals surface area contributed by atoms with Gasteiger partial charge in [-0.15, -0.1) is 0 Å². The molecule has 2 N–H and O–H groups in total. The van der Waals surface area contributed by atoms with Gasteiger partial charge in [-0.2, -0.15) is 0 Å². The molecule has 1 aromatic heterocycles. The second kappa shape index (κ2) is 5.46. The summed E-state index contributed by atoms with van der Waals surface area (Å²) in [6.07, 6.45) is -0.592. The number of aliphatic hydroxyl groups is 1. The van der Waals surface area contributed by atoms with Crippen molar-refractivity contribution in [3.63, 3.8) is 0 Å². The first-order valence-corrected chi connectivity index (χ1v) is 5.65. The molecule has 0 spiro atoms. The predicted molar refractivity (Wildman–Crippen MR) is 66.0 cm³/mol. The third-order valence-electron chi connectivity index (χ3n) is 2.36. The van der Waals surface area contributed by atoms with Crippen LogP contribution in [0.15, 0.2) is 40.9 Å². The Labute approximate surface area is 104 Å². The summed E-state index contributed by atoms with van der Waals surface area (Å²) in [6.45, 7) is 1.77. The second-order valence-corrected chi connectivity index (χ2v) is 4.00. The van der Waals surface area contributed by atoms with Crippen LogP contribution in [0.25, 0.3) is 11.3 Å². The lowest BCUT2D eigenvalue weighted by Gasteiger charge is -2.03. The molecule has 5 heteroatoms. The molecule has 0 aliphatic carbocycles. The highest BCUT2D eigenvalue weighted by Gasteiger charge is 2.13. The Morgan fingerprint density at radius 2 is 2.17 bits per heavy atom. The zero-order valence-electron chi connectivity index (χ0n) is 9.96. The number of aliphatic hydroxyl groups excluding tert-OH is 1. The number of nitrogens with zero attached hydrogens (tertiary/aromatic N) is 1. The topological polar surface area (TPSA) is 75.4 Å². The number of carbonyl (C=O) groups excluding carboxylic acids is 1. The van der Waals surface area contributed by atoms with E-state index in [1.165, 1.54) is 0 Å². The van der Waals surface area contributed by atoms with Crippen LogP contribution >= 0.6 is 0 Å². The summed E-state index contributed by atoms with van der Waals surface area (Å²) in [5.41, 5.74) is 1.49. The minimum Gasteiger partial charge on any atom is -0.392 e. The molecule has 94 valence electrons. The molecule has 0 unspecified atom stereocenters. The first-order chi connectivity index (χ1) is 8.66. The molecule has 0 radical (unpaired) electrons. The molecule has 0 fully saturated rings. The average molecular weight is 246 g/mol. The maximum absolute atomic E-state index is 11.6. The summed E-state index contributed by atoms with van der Waals surface area (Å²) in [7, 11) is 0. The van der Waals surface area contributed by atoms with Crippen LogP contribution in [0, 0.1) is 0 Å². The van der Waals surface area contributed by atoms with E-state index in [9.17, 15) is 4.79 Å². The fraction of sp³-hybridized carbons (Fsp3) is 0.231. The van der Waals surface area contributed by atoms with Crippen molar-refractivity contribution in [3.05, 3.63) is 42.2 Å². The zero-order chi connectivity index (χ0) is 13.0. The first kappa shape index (κ1) is 12.3. The van der Waals surface area contributed by atoms with E-state index in [4.69, 9.17) is 9.63 Å².